The van der Waals surface area contributed by atoms with Gasteiger partial charge in [0.05, 0.1) is 16.1 Å². The molecular weight excluding hydrogens is 447 g/mol. The summed E-state index contributed by atoms with van der Waals surface area (Å²) in [5.41, 5.74) is 2.16. The Morgan fingerprint density at radius 3 is 2.33 bits per heavy atom. The highest BCUT2D eigenvalue weighted by molar-refractivity contribution is 7.92. The molecule has 172 valence electrons. The van der Waals surface area contributed by atoms with E-state index in [1.165, 1.54) is 55.6 Å². The molecule has 0 saturated carbocycles. The fourth-order valence-corrected chi connectivity index (χ4v) is 4.15. The Labute approximate surface area is 191 Å². The number of hydrogen-bond acceptors (Lipinski definition) is 5. The molecule has 3 aromatic rings. The molecule has 0 aliphatic heterocycles. The molecule has 0 atom stereocenters. The molecule has 1 N–H and O–H groups in total. The second kappa shape index (κ2) is 10.3. The van der Waals surface area contributed by atoms with Crippen molar-refractivity contribution in [2.45, 2.75) is 18.4 Å². The Morgan fingerprint density at radius 1 is 1.00 bits per heavy atom. The Balaban J connectivity index is 1.62. The smallest absolute Gasteiger partial charge is 0.338 e. The molecule has 0 aliphatic carbocycles. The minimum Gasteiger partial charge on any atom is -0.452 e. The number of rotatable bonds is 8. The van der Waals surface area contributed by atoms with Gasteiger partial charge in [-0.3, -0.25) is 9.10 Å². The van der Waals surface area contributed by atoms with Crippen molar-refractivity contribution in [2.24, 2.45) is 0 Å². The fourth-order valence-electron chi connectivity index (χ4n) is 2.90. The summed E-state index contributed by atoms with van der Waals surface area (Å²) in [4.78, 5) is 24.2. The van der Waals surface area contributed by atoms with E-state index in [-0.39, 0.29) is 22.8 Å². The molecule has 0 bridgehead atoms. The van der Waals surface area contributed by atoms with Gasteiger partial charge >= 0.3 is 5.97 Å². The van der Waals surface area contributed by atoms with E-state index in [4.69, 9.17) is 4.74 Å². The van der Waals surface area contributed by atoms with Gasteiger partial charge in [-0.2, -0.15) is 0 Å². The largest absolute Gasteiger partial charge is 0.452 e. The highest BCUT2D eigenvalue weighted by atomic mass is 32.2. The molecule has 0 heterocycles. The number of nitrogens with zero attached hydrogens (tertiary/aromatic N) is 1. The molecule has 0 aliphatic rings. The van der Waals surface area contributed by atoms with Crippen LogP contribution in [-0.2, 0) is 26.1 Å². The highest BCUT2D eigenvalue weighted by Gasteiger charge is 2.23. The van der Waals surface area contributed by atoms with E-state index < -0.39 is 28.5 Å². The van der Waals surface area contributed by atoms with Crippen LogP contribution in [0.2, 0.25) is 0 Å². The van der Waals surface area contributed by atoms with Gasteiger partial charge in [0.2, 0.25) is 0 Å². The third-order valence-corrected chi connectivity index (χ3v) is 6.64. The van der Waals surface area contributed by atoms with Crippen LogP contribution in [0.25, 0.3) is 0 Å². The Morgan fingerprint density at radius 2 is 1.67 bits per heavy atom. The third-order valence-electron chi connectivity index (χ3n) is 4.86. The Kier molecular flexibility index (Phi) is 7.44. The van der Waals surface area contributed by atoms with Crippen molar-refractivity contribution in [1.82, 2.24) is 5.32 Å². The number of halogens is 1. The van der Waals surface area contributed by atoms with E-state index in [0.717, 1.165) is 9.87 Å². The Bertz CT molecular complexity index is 1240. The molecule has 33 heavy (non-hydrogen) atoms. The summed E-state index contributed by atoms with van der Waals surface area (Å²) in [7, 11) is -2.49. The van der Waals surface area contributed by atoms with Gasteiger partial charge in [-0.25, -0.2) is 17.6 Å². The normalized spacial score (nSPS) is 11.0. The second-order valence-electron chi connectivity index (χ2n) is 7.32. The molecule has 1 amide bonds. The van der Waals surface area contributed by atoms with Crippen LogP contribution in [0.1, 0.15) is 21.5 Å². The maximum atomic E-state index is 13.0. The second-order valence-corrected chi connectivity index (χ2v) is 9.28. The molecule has 3 aromatic carbocycles. The summed E-state index contributed by atoms with van der Waals surface area (Å²) in [6.07, 6.45) is 0. The molecule has 7 nitrogen and oxygen atoms in total. The van der Waals surface area contributed by atoms with Crippen molar-refractivity contribution >= 4 is 27.6 Å². The maximum absolute atomic E-state index is 13.0. The number of sulfonamides is 1. The number of carbonyl (C=O) groups is 2. The number of aryl methyl sites for hydroxylation is 1. The highest BCUT2D eigenvalue weighted by Crippen LogP contribution is 2.23. The summed E-state index contributed by atoms with van der Waals surface area (Å²) in [6.45, 7) is 1.51. The number of nitrogens with one attached hydrogen (secondary N) is 1. The van der Waals surface area contributed by atoms with Gasteiger partial charge in [-0.1, -0.05) is 35.9 Å². The first-order chi connectivity index (χ1) is 15.7. The van der Waals surface area contributed by atoms with Gasteiger partial charge in [0, 0.05) is 13.6 Å². The lowest BCUT2D eigenvalue weighted by molar-refractivity contribution is -0.124. The number of amides is 1. The number of benzene rings is 3. The van der Waals surface area contributed by atoms with Crippen LogP contribution in [-0.4, -0.2) is 33.9 Å². The molecule has 0 radical (unpaired) electrons. The molecule has 0 fully saturated rings. The van der Waals surface area contributed by atoms with Crippen molar-refractivity contribution in [3.05, 3.63) is 95.3 Å². The van der Waals surface area contributed by atoms with Crippen molar-refractivity contribution < 1.29 is 27.1 Å². The number of carbonyl (C=O) groups excluding carboxylic acids is 2. The molecule has 3 rings (SSSR count). The topological polar surface area (TPSA) is 92.8 Å². The lowest BCUT2D eigenvalue weighted by Gasteiger charge is -2.20. The minimum absolute atomic E-state index is 0.000263. The lowest BCUT2D eigenvalue weighted by Crippen LogP contribution is -2.28. The van der Waals surface area contributed by atoms with Crippen LogP contribution in [0.4, 0.5) is 10.1 Å². The predicted octanol–water partition coefficient (Wildman–Crippen LogP) is 3.43. The predicted molar refractivity (Wildman–Crippen MR) is 122 cm³/mol. The molecule has 9 heteroatoms. The average Bonchev–Trinajstić information content (AvgIpc) is 2.82. The first-order valence-electron chi connectivity index (χ1n) is 10.0. The van der Waals surface area contributed by atoms with Gasteiger partial charge < -0.3 is 10.1 Å². The van der Waals surface area contributed by atoms with Crippen molar-refractivity contribution in [1.29, 1.82) is 0 Å². The fraction of sp³-hybridized carbons (Fsp3) is 0.167. The van der Waals surface area contributed by atoms with Crippen molar-refractivity contribution in [2.75, 3.05) is 18.0 Å². The summed E-state index contributed by atoms with van der Waals surface area (Å²) in [5.74, 6) is -1.76. The van der Waals surface area contributed by atoms with E-state index >= 15 is 0 Å². The van der Waals surface area contributed by atoms with E-state index in [0.29, 0.717) is 11.3 Å². The van der Waals surface area contributed by atoms with Gasteiger partial charge in [0.15, 0.2) is 6.61 Å². The first kappa shape index (κ1) is 23.9. The summed E-state index contributed by atoms with van der Waals surface area (Å²) in [5, 5.41) is 2.56. The summed E-state index contributed by atoms with van der Waals surface area (Å²) >= 11 is 0. The van der Waals surface area contributed by atoms with E-state index in [9.17, 15) is 22.4 Å². The average molecular weight is 471 g/mol. The van der Waals surface area contributed by atoms with Crippen LogP contribution in [0.5, 0.6) is 0 Å². The number of esters is 1. The van der Waals surface area contributed by atoms with Crippen LogP contribution in [0, 0.1) is 12.7 Å². The van der Waals surface area contributed by atoms with Crippen molar-refractivity contribution in [3.63, 3.8) is 0 Å². The van der Waals surface area contributed by atoms with Gasteiger partial charge in [-0.15, -0.1) is 0 Å². The first-order valence-corrected chi connectivity index (χ1v) is 11.4. The van der Waals surface area contributed by atoms with Crippen LogP contribution in [0.3, 0.4) is 0 Å². The number of hydrogen-bond donors (Lipinski definition) is 1. The zero-order valence-corrected chi connectivity index (χ0v) is 18.9. The quantitative estimate of drug-likeness (QED) is 0.509. The molecule has 0 spiro atoms. The zero-order chi connectivity index (χ0) is 24.0. The zero-order valence-electron chi connectivity index (χ0n) is 18.1. The molecule has 0 saturated heterocycles. The lowest BCUT2D eigenvalue weighted by atomic mass is 10.2. The van der Waals surface area contributed by atoms with E-state index in [1.54, 1.807) is 24.3 Å². The van der Waals surface area contributed by atoms with Crippen LogP contribution in [0.15, 0.2) is 77.7 Å². The van der Waals surface area contributed by atoms with Crippen LogP contribution >= 0.6 is 0 Å². The number of ether oxygens (including phenoxy) is 1. The van der Waals surface area contributed by atoms with Crippen molar-refractivity contribution in [3.8, 4) is 0 Å². The summed E-state index contributed by atoms with van der Waals surface area (Å²) in [6, 6.07) is 18.0. The summed E-state index contributed by atoms with van der Waals surface area (Å²) < 4.78 is 45.0. The van der Waals surface area contributed by atoms with Gasteiger partial charge in [-0.05, 0) is 55.0 Å². The van der Waals surface area contributed by atoms with E-state index in [2.05, 4.69) is 5.32 Å². The number of anilines is 1. The van der Waals surface area contributed by atoms with Gasteiger partial charge in [0.1, 0.15) is 5.82 Å². The van der Waals surface area contributed by atoms with Crippen LogP contribution < -0.4 is 9.62 Å². The SMILES string of the molecule is Cc1ccc(N(C)S(=O)(=O)c2cccc(C(=O)OCC(=O)NCc3ccc(F)cc3)c2)cc1. The molecule has 0 unspecified atom stereocenters. The third kappa shape index (κ3) is 6.17. The Hall–Kier alpha value is -3.72. The van der Waals surface area contributed by atoms with E-state index in [1.807, 2.05) is 6.92 Å². The minimum atomic E-state index is -3.91. The molecular formula is C24H23FN2O5S. The monoisotopic (exact) mass is 470 g/mol. The van der Waals surface area contributed by atoms with Gasteiger partial charge in [0.25, 0.3) is 15.9 Å². The maximum Gasteiger partial charge on any atom is 0.338 e. The molecule has 0 aromatic heterocycles. The standard InChI is InChI=1S/C24H23FN2O5S/c1-17-6-12-21(13-7-17)27(2)33(30,31)22-5-3-4-19(14-22)24(29)32-16-23(28)26-15-18-8-10-20(25)11-9-18/h3-14H,15-16H2,1-2H3,(H,26,28).